The number of anilines is 1. The molecule has 0 bridgehead atoms. The molecule has 154 valence electrons. The van der Waals surface area contributed by atoms with Crippen molar-refractivity contribution in [3.63, 3.8) is 0 Å². The van der Waals surface area contributed by atoms with E-state index in [0.29, 0.717) is 5.92 Å². The molecule has 1 N–H and O–H groups in total. The topological polar surface area (TPSA) is 75.5 Å². The maximum atomic E-state index is 13.0. The molecule has 1 aliphatic carbocycles. The van der Waals surface area contributed by atoms with Crippen molar-refractivity contribution in [2.75, 3.05) is 18.4 Å². The Morgan fingerprint density at radius 3 is 2.57 bits per heavy atom. The Labute approximate surface area is 175 Å². The smallest absolute Gasteiger partial charge is 0.269 e. The number of hydrogen-bond acceptors (Lipinski definition) is 4. The first-order chi connectivity index (χ1) is 14.6. The molecule has 2 aliphatic heterocycles. The van der Waals surface area contributed by atoms with Gasteiger partial charge in [0.1, 0.15) is 0 Å². The molecule has 2 heterocycles. The molecule has 3 atom stereocenters. The number of amides is 1. The van der Waals surface area contributed by atoms with Crippen molar-refractivity contribution < 1.29 is 9.72 Å². The van der Waals surface area contributed by atoms with Crippen LogP contribution in [0.25, 0.3) is 0 Å². The van der Waals surface area contributed by atoms with Gasteiger partial charge in [0.15, 0.2) is 0 Å². The Morgan fingerprint density at radius 1 is 1.07 bits per heavy atom. The number of likely N-dealkylation sites (tertiary alicyclic amines) is 1. The third kappa shape index (κ3) is 3.26. The number of carbonyl (C=O) groups excluding carboxylic acids is 1. The number of nitro benzene ring substituents is 1. The van der Waals surface area contributed by atoms with E-state index in [-0.39, 0.29) is 28.5 Å². The van der Waals surface area contributed by atoms with Crippen molar-refractivity contribution in [1.29, 1.82) is 0 Å². The number of fused-ring (bicyclic) bond motifs is 3. The molecule has 2 aromatic rings. The molecule has 1 amide bonds. The normalized spacial score (nSPS) is 24.7. The second kappa shape index (κ2) is 7.59. The lowest BCUT2D eigenvalue weighted by atomic mass is 9.76. The molecule has 1 saturated heterocycles. The molecule has 1 fully saturated rings. The fraction of sp³-hybridized carbons (Fsp3) is 0.375. The Hall–Kier alpha value is -3.15. The summed E-state index contributed by atoms with van der Waals surface area (Å²) in [7, 11) is 0. The minimum absolute atomic E-state index is 0.0851. The van der Waals surface area contributed by atoms with E-state index in [0.717, 1.165) is 49.2 Å². The van der Waals surface area contributed by atoms with E-state index in [2.05, 4.69) is 23.5 Å². The Balaban J connectivity index is 1.44. The molecule has 6 nitrogen and oxygen atoms in total. The number of nitrogens with one attached hydrogen (secondary N) is 1. The SMILES string of the molecule is O=C(c1ccc2c(c1)C1C=CCC1C(c1ccc([N+](=O)[O-])cc1)N2)N1CCCCC1. The first kappa shape index (κ1) is 18.9. The van der Waals surface area contributed by atoms with Crippen LogP contribution in [0.3, 0.4) is 0 Å². The van der Waals surface area contributed by atoms with Gasteiger partial charge in [-0.1, -0.05) is 24.3 Å². The number of benzene rings is 2. The number of nitrogens with zero attached hydrogens (tertiary/aromatic N) is 2. The highest BCUT2D eigenvalue weighted by Gasteiger charge is 2.38. The van der Waals surface area contributed by atoms with Crippen LogP contribution in [0.4, 0.5) is 11.4 Å². The van der Waals surface area contributed by atoms with Gasteiger partial charge in [-0.3, -0.25) is 14.9 Å². The van der Waals surface area contributed by atoms with Crippen molar-refractivity contribution in [1.82, 2.24) is 4.90 Å². The molecule has 3 aliphatic rings. The summed E-state index contributed by atoms with van der Waals surface area (Å²) in [5.74, 6) is 0.711. The monoisotopic (exact) mass is 403 g/mol. The Kier molecular flexibility index (Phi) is 4.77. The van der Waals surface area contributed by atoms with E-state index >= 15 is 0 Å². The van der Waals surface area contributed by atoms with Crippen molar-refractivity contribution in [2.45, 2.75) is 37.6 Å². The van der Waals surface area contributed by atoms with Crippen LogP contribution in [0.5, 0.6) is 0 Å². The average Bonchev–Trinajstić information content (AvgIpc) is 3.29. The summed E-state index contributed by atoms with van der Waals surface area (Å²) in [6, 6.07) is 13.0. The highest BCUT2D eigenvalue weighted by atomic mass is 16.6. The van der Waals surface area contributed by atoms with Gasteiger partial charge in [-0.15, -0.1) is 0 Å². The quantitative estimate of drug-likeness (QED) is 0.442. The summed E-state index contributed by atoms with van der Waals surface area (Å²) >= 11 is 0. The summed E-state index contributed by atoms with van der Waals surface area (Å²) in [4.78, 5) is 25.6. The molecular weight excluding hydrogens is 378 g/mol. The van der Waals surface area contributed by atoms with E-state index in [4.69, 9.17) is 0 Å². The average molecular weight is 403 g/mol. The highest BCUT2D eigenvalue weighted by molar-refractivity contribution is 5.95. The first-order valence-electron chi connectivity index (χ1n) is 10.7. The van der Waals surface area contributed by atoms with Crippen molar-refractivity contribution in [3.05, 3.63) is 81.4 Å². The van der Waals surface area contributed by atoms with Gasteiger partial charge in [0.2, 0.25) is 0 Å². The zero-order chi connectivity index (χ0) is 20.7. The van der Waals surface area contributed by atoms with Gasteiger partial charge in [-0.25, -0.2) is 0 Å². The summed E-state index contributed by atoms with van der Waals surface area (Å²) in [5, 5.41) is 14.6. The third-order valence-electron chi connectivity index (χ3n) is 6.72. The molecule has 0 saturated carbocycles. The highest BCUT2D eigenvalue weighted by Crippen LogP contribution is 2.50. The summed E-state index contributed by atoms with van der Waals surface area (Å²) in [5.41, 5.74) is 4.15. The Morgan fingerprint density at radius 2 is 1.83 bits per heavy atom. The lowest BCUT2D eigenvalue weighted by molar-refractivity contribution is -0.384. The molecule has 30 heavy (non-hydrogen) atoms. The molecule has 5 rings (SSSR count). The van der Waals surface area contributed by atoms with Crippen LogP contribution in [0, 0.1) is 16.0 Å². The number of non-ortho nitro benzene ring substituents is 1. The van der Waals surface area contributed by atoms with Crippen molar-refractivity contribution in [2.24, 2.45) is 5.92 Å². The van der Waals surface area contributed by atoms with E-state index < -0.39 is 0 Å². The zero-order valence-electron chi connectivity index (χ0n) is 16.8. The maximum absolute atomic E-state index is 13.0. The van der Waals surface area contributed by atoms with Gasteiger partial charge >= 0.3 is 0 Å². The lowest BCUT2D eigenvalue weighted by Gasteiger charge is -2.38. The van der Waals surface area contributed by atoms with E-state index in [1.807, 2.05) is 29.2 Å². The summed E-state index contributed by atoms with van der Waals surface area (Å²) in [6.45, 7) is 1.70. The summed E-state index contributed by atoms with van der Waals surface area (Å²) in [6.07, 6.45) is 8.78. The minimum Gasteiger partial charge on any atom is -0.378 e. The predicted molar refractivity (Wildman–Crippen MR) is 116 cm³/mol. The first-order valence-corrected chi connectivity index (χ1v) is 10.7. The van der Waals surface area contributed by atoms with Crippen LogP contribution < -0.4 is 5.32 Å². The van der Waals surface area contributed by atoms with Gasteiger partial charge in [0.25, 0.3) is 11.6 Å². The van der Waals surface area contributed by atoms with E-state index in [9.17, 15) is 14.9 Å². The Bertz CT molecular complexity index is 1010. The molecular formula is C24H25N3O3. The van der Waals surface area contributed by atoms with Crippen LogP contribution in [0.2, 0.25) is 0 Å². The largest absolute Gasteiger partial charge is 0.378 e. The van der Waals surface area contributed by atoms with Gasteiger partial charge in [0, 0.05) is 42.4 Å². The fourth-order valence-corrected chi connectivity index (χ4v) is 5.14. The van der Waals surface area contributed by atoms with Gasteiger partial charge in [-0.05, 0) is 60.9 Å². The van der Waals surface area contributed by atoms with Crippen LogP contribution in [0.15, 0.2) is 54.6 Å². The van der Waals surface area contributed by atoms with Gasteiger partial charge in [-0.2, -0.15) is 0 Å². The second-order valence-electron chi connectivity index (χ2n) is 8.48. The zero-order valence-corrected chi connectivity index (χ0v) is 16.8. The number of allylic oxidation sites excluding steroid dienone is 2. The molecule has 0 aromatic heterocycles. The number of hydrogen-bond donors (Lipinski definition) is 1. The number of piperidine rings is 1. The number of rotatable bonds is 3. The molecule has 0 radical (unpaired) electrons. The van der Waals surface area contributed by atoms with Crippen LogP contribution in [-0.2, 0) is 0 Å². The summed E-state index contributed by atoms with van der Waals surface area (Å²) < 4.78 is 0. The molecule has 0 spiro atoms. The maximum Gasteiger partial charge on any atom is 0.269 e. The standard InChI is InChI=1S/C24H25N3O3/c28-24(26-13-2-1-3-14-26)17-9-12-22-21(15-17)19-5-4-6-20(19)23(25-22)16-7-10-18(11-8-16)27(29)30/h4-5,7-12,15,19-20,23,25H,1-3,6,13-14H2. The van der Waals surface area contributed by atoms with E-state index in [1.54, 1.807) is 12.1 Å². The van der Waals surface area contributed by atoms with Crippen LogP contribution >= 0.6 is 0 Å². The third-order valence-corrected chi connectivity index (χ3v) is 6.72. The van der Waals surface area contributed by atoms with Crippen LogP contribution in [-0.4, -0.2) is 28.8 Å². The molecule has 2 aromatic carbocycles. The molecule has 6 heteroatoms. The van der Waals surface area contributed by atoms with Gasteiger partial charge in [0.05, 0.1) is 11.0 Å². The molecule has 3 unspecified atom stereocenters. The number of carbonyl (C=O) groups is 1. The van der Waals surface area contributed by atoms with Crippen molar-refractivity contribution in [3.8, 4) is 0 Å². The van der Waals surface area contributed by atoms with Gasteiger partial charge < -0.3 is 10.2 Å². The van der Waals surface area contributed by atoms with E-state index in [1.165, 1.54) is 12.0 Å². The lowest BCUT2D eigenvalue weighted by Crippen LogP contribution is -2.36. The number of nitro groups is 1. The predicted octanol–water partition coefficient (Wildman–Crippen LogP) is 5.05. The minimum atomic E-state index is -0.367. The fourth-order valence-electron chi connectivity index (χ4n) is 5.14. The van der Waals surface area contributed by atoms with Crippen molar-refractivity contribution >= 4 is 17.3 Å². The second-order valence-corrected chi connectivity index (χ2v) is 8.48. The van der Waals surface area contributed by atoms with Crippen LogP contribution in [0.1, 0.15) is 59.1 Å².